The summed E-state index contributed by atoms with van der Waals surface area (Å²) in [6.45, 7) is 1.15. The van der Waals surface area contributed by atoms with Crippen LogP contribution in [0.5, 0.6) is 0 Å². The number of aliphatic hydroxyl groups excluding tert-OH is 1. The Bertz CT molecular complexity index is 390. The molecule has 1 aromatic rings. The van der Waals surface area contributed by atoms with Gasteiger partial charge in [-0.2, -0.15) is 0 Å². The number of anilines is 1. The number of carbonyl (C=O) groups is 1. The molecule has 0 radical (unpaired) electrons. The third kappa shape index (κ3) is 4.87. The fourth-order valence-electron chi connectivity index (χ4n) is 1.75. The van der Waals surface area contributed by atoms with Crippen LogP contribution in [0.25, 0.3) is 0 Å². The molecule has 1 heterocycles. The number of nitrogens with zero attached hydrogens (tertiary/aromatic N) is 3. The summed E-state index contributed by atoms with van der Waals surface area (Å²) < 4.78 is 0. The SMILES string of the molecule is CN(C)C(=O)c1ccc(N(C)CCCCCO)nc1. The van der Waals surface area contributed by atoms with Gasteiger partial charge in [-0.25, -0.2) is 4.98 Å². The van der Waals surface area contributed by atoms with Gasteiger partial charge < -0.3 is 14.9 Å². The van der Waals surface area contributed by atoms with Crippen molar-refractivity contribution in [3.8, 4) is 0 Å². The van der Waals surface area contributed by atoms with E-state index in [1.54, 1.807) is 26.4 Å². The molecule has 0 saturated carbocycles. The normalized spacial score (nSPS) is 10.3. The summed E-state index contributed by atoms with van der Waals surface area (Å²) >= 11 is 0. The number of carbonyl (C=O) groups excluding carboxylic acids is 1. The average molecular weight is 265 g/mol. The van der Waals surface area contributed by atoms with Crippen LogP contribution in [-0.2, 0) is 0 Å². The van der Waals surface area contributed by atoms with Crippen LogP contribution in [0.2, 0.25) is 0 Å². The first kappa shape index (κ1) is 15.4. The molecule has 106 valence electrons. The summed E-state index contributed by atoms with van der Waals surface area (Å²) in [4.78, 5) is 19.6. The van der Waals surface area contributed by atoms with Crippen molar-refractivity contribution in [1.82, 2.24) is 9.88 Å². The highest BCUT2D eigenvalue weighted by Gasteiger charge is 2.09. The monoisotopic (exact) mass is 265 g/mol. The van der Waals surface area contributed by atoms with Gasteiger partial charge in [0.15, 0.2) is 0 Å². The minimum atomic E-state index is -0.0374. The second-order valence-corrected chi connectivity index (χ2v) is 4.81. The van der Waals surface area contributed by atoms with Gasteiger partial charge in [0.2, 0.25) is 0 Å². The van der Waals surface area contributed by atoms with Crippen LogP contribution in [-0.4, -0.2) is 55.2 Å². The predicted octanol–water partition coefficient (Wildman–Crippen LogP) is 1.38. The minimum absolute atomic E-state index is 0.0374. The number of pyridine rings is 1. The highest BCUT2D eigenvalue weighted by atomic mass is 16.2. The third-order valence-electron chi connectivity index (χ3n) is 2.94. The van der Waals surface area contributed by atoms with Crippen molar-refractivity contribution in [1.29, 1.82) is 0 Å². The Morgan fingerprint density at radius 3 is 2.47 bits per heavy atom. The largest absolute Gasteiger partial charge is 0.396 e. The standard InChI is InChI=1S/C14H23N3O2/c1-16(2)14(19)12-7-8-13(15-11-12)17(3)9-5-4-6-10-18/h7-8,11,18H,4-6,9-10H2,1-3H3. The molecule has 0 bridgehead atoms. The zero-order valence-corrected chi connectivity index (χ0v) is 12.0. The Kier molecular flexibility index (Phi) is 6.29. The number of unbranched alkanes of at least 4 members (excludes halogenated alkanes) is 2. The van der Waals surface area contributed by atoms with E-state index < -0.39 is 0 Å². The zero-order chi connectivity index (χ0) is 14.3. The van der Waals surface area contributed by atoms with Crippen LogP contribution in [0, 0.1) is 0 Å². The maximum atomic E-state index is 11.7. The van der Waals surface area contributed by atoms with E-state index in [0.29, 0.717) is 5.56 Å². The van der Waals surface area contributed by atoms with E-state index in [9.17, 15) is 4.79 Å². The van der Waals surface area contributed by atoms with Gasteiger partial charge in [-0.3, -0.25) is 4.79 Å². The molecule has 19 heavy (non-hydrogen) atoms. The van der Waals surface area contributed by atoms with E-state index in [4.69, 9.17) is 5.11 Å². The Morgan fingerprint density at radius 2 is 1.95 bits per heavy atom. The summed E-state index contributed by atoms with van der Waals surface area (Å²) in [5.74, 6) is 0.823. The molecular formula is C14H23N3O2. The molecule has 0 aliphatic rings. The molecule has 5 heteroatoms. The highest BCUT2D eigenvalue weighted by Crippen LogP contribution is 2.11. The Morgan fingerprint density at radius 1 is 1.21 bits per heavy atom. The fraction of sp³-hybridized carbons (Fsp3) is 0.571. The molecule has 1 amide bonds. The van der Waals surface area contributed by atoms with Gasteiger partial charge in [0.1, 0.15) is 5.82 Å². The number of aromatic nitrogens is 1. The summed E-state index contributed by atoms with van der Waals surface area (Å²) in [5.41, 5.74) is 0.599. The van der Waals surface area contributed by atoms with E-state index in [2.05, 4.69) is 9.88 Å². The third-order valence-corrected chi connectivity index (χ3v) is 2.94. The molecule has 0 unspecified atom stereocenters. The molecule has 1 N–H and O–H groups in total. The van der Waals surface area contributed by atoms with Crippen LogP contribution >= 0.6 is 0 Å². The lowest BCUT2D eigenvalue weighted by atomic mass is 10.2. The number of hydrogen-bond acceptors (Lipinski definition) is 4. The van der Waals surface area contributed by atoms with Crippen LogP contribution < -0.4 is 4.90 Å². The number of rotatable bonds is 7. The first-order chi connectivity index (χ1) is 9.06. The Labute approximate surface area is 114 Å². The van der Waals surface area contributed by atoms with Crippen molar-refractivity contribution >= 4 is 11.7 Å². The summed E-state index contributed by atoms with van der Waals surface area (Å²) in [6.07, 6.45) is 4.49. The van der Waals surface area contributed by atoms with Crippen molar-refractivity contribution in [2.45, 2.75) is 19.3 Å². The average Bonchev–Trinajstić information content (AvgIpc) is 2.42. The molecule has 0 atom stereocenters. The molecule has 0 aliphatic carbocycles. The number of amides is 1. The van der Waals surface area contributed by atoms with E-state index in [1.165, 1.54) is 4.90 Å². The fourth-order valence-corrected chi connectivity index (χ4v) is 1.75. The van der Waals surface area contributed by atoms with Crippen molar-refractivity contribution in [3.05, 3.63) is 23.9 Å². The minimum Gasteiger partial charge on any atom is -0.396 e. The summed E-state index contributed by atoms with van der Waals surface area (Å²) in [5, 5.41) is 8.71. The van der Waals surface area contributed by atoms with Gasteiger partial charge in [0, 0.05) is 40.5 Å². The lowest BCUT2D eigenvalue weighted by Crippen LogP contribution is -2.23. The van der Waals surface area contributed by atoms with Crippen molar-refractivity contribution in [3.63, 3.8) is 0 Å². The molecule has 1 aromatic heterocycles. The van der Waals surface area contributed by atoms with Crippen LogP contribution in [0.15, 0.2) is 18.3 Å². The van der Waals surface area contributed by atoms with Gasteiger partial charge in [0.05, 0.1) is 5.56 Å². The first-order valence-corrected chi connectivity index (χ1v) is 6.56. The molecule has 0 fully saturated rings. The Balaban J connectivity index is 2.53. The lowest BCUT2D eigenvalue weighted by molar-refractivity contribution is 0.0827. The zero-order valence-electron chi connectivity index (χ0n) is 12.0. The van der Waals surface area contributed by atoms with Gasteiger partial charge in [-0.05, 0) is 31.4 Å². The topological polar surface area (TPSA) is 56.7 Å². The van der Waals surface area contributed by atoms with Gasteiger partial charge in [-0.1, -0.05) is 0 Å². The molecule has 0 spiro atoms. The summed E-state index contributed by atoms with van der Waals surface area (Å²) in [6, 6.07) is 3.66. The molecule has 0 aliphatic heterocycles. The number of hydrogen-bond donors (Lipinski definition) is 1. The van der Waals surface area contributed by atoms with E-state index in [-0.39, 0.29) is 12.5 Å². The highest BCUT2D eigenvalue weighted by molar-refractivity contribution is 5.93. The smallest absolute Gasteiger partial charge is 0.254 e. The lowest BCUT2D eigenvalue weighted by Gasteiger charge is -2.18. The van der Waals surface area contributed by atoms with E-state index in [1.807, 2.05) is 13.1 Å². The first-order valence-electron chi connectivity index (χ1n) is 6.56. The summed E-state index contributed by atoms with van der Waals surface area (Å²) in [7, 11) is 5.43. The molecule has 1 rings (SSSR count). The van der Waals surface area contributed by atoms with Crippen molar-refractivity contribution < 1.29 is 9.90 Å². The molecule has 0 aromatic carbocycles. The van der Waals surface area contributed by atoms with Crippen molar-refractivity contribution in [2.75, 3.05) is 39.2 Å². The van der Waals surface area contributed by atoms with Gasteiger partial charge in [0.25, 0.3) is 5.91 Å². The van der Waals surface area contributed by atoms with Crippen LogP contribution in [0.4, 0.5) is 5.82 Å². The number of aliphatic hydroxyl groups is 1. The maximum absolute atomic E-state index is 11.7. The molecular weight excluding hydrogens is 242 g/mol. The van der Waals surface area contributed by atoms with Gasteiger partial charge >= 0.3 is 0 Å². The molecule has 5 nitrogen and oxygen atoms in total. The Hall–Kier alpha value is -1.62. The van der Waals surface area contributed by atoms with E-state index >= 15 is 0 Å². The quantitative estimate of drug-likeness (QED) is 0.757. The van der Waals surface area contributed by atoms with E-state index in [0.717, 1.165) is 31.6 Å². The van der Waals surface area contributed by atoms with Crippen LogP contribution in [0.1, 0.15) is 29.6 Å². The van der Waals surface area contributed by atoms with Crippen molar-refractivity contribution in [2.24, 2.45) is 0 Å². The predicted molar refractivity (Wildman–Crippen MR) is 76.5 cm³/mol. The second kappa shape index (κ2) is 7.74. The van der Waals surface area contributed by atoms with Gasteiger partial charge in [-0.15, -0.1) is 0 Å². The second-order valence-electron chi connectivity index (χ2n) is 4.81. The maximum Gasteiger partial charge on any atom is 0.254 e. The molecule has 0 saturated heterocycles. The van der Waals surface area contributed by atoms with Crippen LogP contribution in [0.3, 0.4) is 0 Å².